The Bertz CT molecular complexity index is 686. The maximum absolute atomic E-state index is 12.9. The smallest absolute Gasteiger partial charge is 0.266 e. The highest BCUT2D eigenvalue weighted by Gasteiger charge is 2.32. The molecule has 1 heterocycles. The number of unbranched alkanes of at least 4 members (excludes halogenated alkanes) is 2. The third-order valence-corrected chi connectivity index (χ3v) is 5.15. The first-order valence-corrected chi connectivity index (χ1v) is 9.94. The fraction of sp³-hybridized carbons (Fsp3) is 0.500. The van der Waals surface area contributed by atoms with E-state index in [2.05, 4.69) is 18.8 Å². The number of hydrogen-bond donors (Lipinski definition) is 0. The molecule has 1 aromatic carbocycles. The van der Waals surface area contributed by atoms with Crippen LogP contribution in [0.1, 0.15) is 45.1 Å². The van der Waals surface area contributed by atoms with Crippen molar-refractivity contribution in [2.75, 3.05) is 27.3 Å². The minimum Gasteiger partial charge on any atom is -0.497 e. The number of carbonyl (C=O) groups is 1. The molecule has 2 rings (SSSR count). The molecule has 1 fully saturated rings. The predicted molar refractivity (Wildman–Crippen MR) is 109 cm³/mol. The lowest BCUT2D eigenvalue weighted by Gasteiger charge is -2.14. The average molecular weight is 377 g/mol. The standard InChI is InChI=1S/C20H28N2O3S/c1-5-7-11-21-20-22(12-8-6-2)19(23)18(26-20)14-15-13-16(24-3)9-10-17(15)25-4/h9-10,13-14H,5-8,11-12H2,1-4H3. The summed E-state index contributed by atoms with van der Waals surface area (Å²) in [5, 5.41) is 0.810. The van der Waals surface area contributed by atoms with Crippen LogP contribution < -0.4 is 9.47 Å². The zero-order valence-electron chi connectivity index (χ0n) is 16.1. The van der Waals surface area contributed by atoms with E-state index in [-0.39, 0.29) is 5.91 Å². The lowest BCUT2D eigenvalue weighted by atomic mass is 10.1. The molecule has 0 N–H and O–H groups in total. The molecule has 5 nitrogen and oxygen atoms in total. The lowest BCUT2D eigenvalue weighted by Crippen LogP contribution is -2.30. The Labute approximate surface area is 160 Å². The molecule has 1 aliphatic heterocycles. The molecule has 0 unspecified atom stereocenters. The van der Waals surface area contributed by atoms with Crippen LogP contribution in [-0.4, -0.2) is 43.3 Å². The summed E-state index contributed by atoms with van der Waals surface area (Å²) in [5.74, 6) is 1.46. The summed E-state index contributed by atoms with van der Waals surface area (Å²) >= 11 is 1.45. The van der Waals surface area contributed by atoms with Crippen LogP contribution in [0, 0.1) is 0 Å². The molecule has 0 aliphatic carbocycles. The normalized spacial score (nSPS) is 17.4. The van der Waals surface area contributed by atoms with Gasteiger partial charge in [0.2, 0.25) is 0 Å². The van der Waals surface area contributed by atoms with E-state index >= 15 is 0 Å². The van der Waals surface area contributed by atoms with Gasteiger partial charge in [-0.3, -0.25) is 14.7 Å². The number of ether oxygens (including phenoxy) is 2. The number of amides is 1. The molecular formula is C20H28N2O3S. The first-order valence-electron chi connectivity index (χ1n) is 9.12. The topological polar surface area (TPSA) is 51.1 Å². The maximum Gasteiger partial charge on any atom is 0.266 e. The fourth-order valence-corrected chi connectivity index (χ4v) is 3.59. The first kappa shape index (κ1) is 20.4. The number of carbonyl (C=O) groups excluding carboxylic acids is 1. The highest BCUT2D eigenvalue weighted by atomic mass is 32.2. The predicted octanol–water partition coefficient (Wildman–Crippen LogP) is 4.58. The van der Waals surface area contributed by atoms with Crippen LogP contribution in [0.4, 0.5) is 0 Å². The van der Waals surface area contributed by atoms with E-state index in [1.54, 1.807) is 14.2 Å². The van der Waals surface area contributed by atoms with E-state index in [9.17, 15) is 4.79 Å². The van der Waals surface area contributed by atoms with Gasteiger partial charge in [-0.15, -0.1) is 0 Å². The molecule has 0 aromatic heterocycles. The molecule has 0 atom stereocenters. The van der Waals surface area contributed by atoms with Gasteiger partial charge in [-0.1, -0.05) is 26.7 Å². The van der Waals surface area contributed by atoms with E-state index in [0.29, 0.717) is 17.2 Å². The molecule has 142 valence electrons. The Morgan fingerprint density at radius 3 is 2.58 bits per heavy atom. The first-order chi connectivity index (χ1) is 12.6. The minimum atomic E-state index is 0.0172. The van der Waals surface area contributed by atoms with E-state index < -0.39 is 0 Å². The van der Waals surface area contributed by atoms with Crippen molar-refractivity contribution in [2.45, 2.75) is 39.5 Å². The Hall–Kier alpha value is -1.95. The van der Waals surface area contributed by atoms with Gasteiger partial charge in [-0.05, 0) is 48.9 Å². The molecule has 0 bridgehead atoms. The number of methoxy groups -OCH3 is 2. The second-order valence-corrected chi connectivity index (χ2v) is 7.06. The van der Waals surface area contributed by atoms with Crippen molar-refractivity contribution in [1.29, 1.82) is 0 Å². The summed E-state index contributed by atoms with van der Waals surface area (Å²) in [4.78, 5) is 20.0. The quantitative estimate of drug-likeness (QED) is 0.468. The van der Waals surface area contributed by atoms with Crippen molar-refractivity contribution < 1.29 is 14.3 Å². The van der Waals surface area contributed by atoms with Gasteiger partial charge >= 0.3 is 0 Å². The van der Waals surface area contributed by atoms with Crippen LogP contribution in [0.5, 0.6) is 11.5 Å². The second kappa shape index (κ2) is 10.3. The summed E-state index contributed by atoms with van der Waals surface area (Å²) in [6, 6.07) is 5.57. The summed E-state index contributed by atoms with van der Waals surface area (Å²) in [6.07, 6.45) is 6.00. The second-order valence-electron chi connectivity index (χ2n) is 6.05. The van der Waals surface area contributed by atoms with Crippen LogP contribution in [0.15, 0.2) is 28.1 Å². The third-order valence-electron chi connectivity index (χ3n) is 4.11. The van der Waals surface area contributed by atoms with Crippen LogP contribution >= 0.6 is 11.8 Å². The molecule has 0 spiro atoms. The van der Waals surface area contributed by atoms with Crippen LogP contribution in [0.25, 0.3) is 6.08 Å². The van der Waals surface area contributed by atoms with Crippen LogP contribution in [0.2, 0.25) is 0 Å². The molecule has 6 heteroatoms. The number of hydrogen-bond acceptors (Lipinski definition) is 5. The number of aliphatic imine (C=N–C) groups is 1. The van der Waals surface area contributed by atoms with E-state index in [1.807, 2.05) is 29.2 Å². The largest absolute Gasteiger partial charge is 0.497 e. The van der Waals surface area contributed by atoms with Crippen molar-refractivity contribution in [2.24, 2.45) is 4.99 Å². The summed E-state index contributed by atoms with van der Waals surface area (Å²) in [5.41, 5.74) is 0.827. The van der Waals surface area contributed by atoms with Gasteiger partial charge in [-0.25, -0.2) is 0 Å². The molecule has 26 heavy (non-hydrogen) atoms. The van der Waals surface area contributed by atoms with E-state index in [4.69, 9.17) is 9.47 Å². The van der Waals surface area contributed by atoms with Crippen molar-refractivity contribution in [3.63, 3.8) is 0 Å². The summed E-state index contributed by atoms with van der Waals surface area (Å²) < 4.78 is 10.7. The Balaban J connectivity index is 2.32. The van der Waals surface area contributed by atoms with Crippen LogP contribution in [0.3, 0.4) is 0 Å². The highest BCUT2D eigenvalue weighted by molar-refractivity contribution is 8.18. The number of thioether (sulfide) groups is 1. The van der Waals surface area contributed by atoms with Crippen LogP contribution in [-0.2, 0) is 4.79 Å². The third kappa shape index (κ3) is 5.04. The summed E-state index contributed by atoms with van der Waals surface area (Å²) in [7, 11) is 3.25. The molecule has 0 radical (unpaired) electrons. The molecule has 1 saturated heterocycles. The molecule has 0 saturated carbocycles. The zero-order chi connectivity index (χ0) is 18.9. The molecule has 1 amide bonds. The molecule has 1 aromatic rings. The number of amidine groups is 1. The van der Waals surface area contributed by atoms with E-state index in [0.717, 1.165) is 48.7 Å². The van der Waals surface area contributed by atoms with Crippen molar-refractivity contribution in [3.05, 3.63) is 28.7 Å². The minimum absolute atomic E-state index is 0.0172. The average Bonchev–Trinajstić information content (AvgIpc) is 2.95. The monoisotopic (exact) mass is 376 g/mol. The lowest BCUT2D eigenvalue weighted by molar-refractivity contribution is -0.122. The van der Waals surface area contributed by atoms with Gasteiger partial charge < -0.3 is 9.47 Å². The Kier molecular flexibility index (Phi) is 8.04. The van der Waals surface area contributed by atoms with Crippen molar-refractivity contribution in [1.82, 2.24) is 4.90 Å². The molecule has 1 aliphatic rings. The SMILES string of the molecule is CCCCN=C1SC(=Cc2cc(OC)ccc2OC)C(=O)N1CCCC. The van der Waals surface area contributed by atoms with Gasteiger partial charge in [0.05, 0.1) is 19.1 Å². The van der Waals surface area contributed by atoms with E-state index in [1.165, 1.54) is 11.8 Å². The maximum atomic E-state index is 12.9. The number of nitrogens with zero attached hydrogens (tertiary/aromatic N) is 2. The number of rotatable bonds is 9. The Morgan fingerprint density at radius 2 is 1.92 bits per heavy atom. The van der Waals surface area contributed by atoms with Gasteiger partial charge in [0.1, 0.15) is 11.5 Å². The highest BCUT2D eigenvalue weighted by Crippen LogP contribution is 2.35. The molecular weight excluding hydrogens is 348 g/mol. The van der Waals surface area contributed by atoms with Crippen molar-refractivity contribution in [3.8, 4) is 11.5 Å². The zero-order valence-corrected chi connectivity index (χ0v) is 16.9. The van der Waals surface area contributed by atoms with Gasteiger partial charge in [0.25, 0.3) is 5.91 Å². The van der Waals surface area contributed by atoms with Gasteiger partial charge in [0, 0.05) is 18.7 Å². The van der Waals surface area contributed by atoms with Gasteiger partial charge in [-0.2, -0.15) is 0 Å². The number of benzene rings is 1. The Morgan fingerprint density at radius 1 is 1.15 bits per heavy atom. The summed E-state index contributed by atoms with van der Waals surface area (Å²) in [6.45, 7) is 5.73. The van der Waals surface area contributed by atoms with Gasteiger partial charge in [0.15, 0.2) is 5.17 Å². The van der Waals surface area contributed by atoms with Crippen molar-refractivity contribution >= 4 is 28.9 Å². The fourth-order valence-electron chi connectivity index (χ4n) is 2.57.